The largest absolute Gasteiger partial charge is 0.507 e. The number of nitrogens with one attached hydrogen (secondary N) is 1. The standard InChI is InChI=1S/C14H18BrNO2/c1-9-2-5-12(13(17)6-9)14(18)16-8-10-3-4-11(15)7-10/h2,5-6,10-11,17H,3-4,7-8H2,1H3,(H,16,18). The number of carbonyl (C=O) groups is 1. The predicted molar refractivity (Wildman–Crippen MR) is 75.2 cm³/mol. The van der Waals surface area contributed by atoms with Crippen molar-refractivity contribution in [3.8, 4) is 5.75 Å². The molecule has 18 heavy (non-hydrogen) atoms. The molecule has 98 valence electrons. The molecule has 1 aromatic rings. The first-order valence-corrected chi connectivity index (χ1v) is 7.19. The summed E-state index contributed by atoms with van der Waals surface area (Å²) in [7, 11) is 0. The lowest BCUT2D eigenvalue weighted by molar-refractivity contribution is 0.0945. The van der Waals surface area contributed by atoms with E-state index in [0.29, 0.717) is 22.9 Å². The predicted octanol–water partition coefficient (Wildman–Crippen LogP) is 2.99. The van der Waals surface area contributed by atoms with Gasteiger partial charge in [-0.05, 0) is 49.8 Å². The summed E-state index contributed by atoms with van der Waals surface area (Å²) < 4.78 is 0. The summed E-state index contributed by atoms with van der Waals surface area (Å²) in [5.74, 6) is 0.411. The minimum absolute atomic E-state index is 0.0530. The van der Waals surface area contributed by atoms with Crippen molar-refractivity contribution >= 4 is 21.8 Å². The molecule has 0 radical (unpaired) electrons. The number of phenols is 1. The number of alkyl halides is 1. The molecule has 0 spiro atoms. The molecule has 0 aliphatic heterocycles. The molecule has 0 aromatic heterocycles. The molecule has 0 saturated heterocycles. The van der Waals surface area contributed by atoms with Gasteiger partial charge in [0.15, 0.2) is 0 Å². The van der Waals surface area contributed by atoms with Gasteiger partial charge in [0.2, 0.25) is 0 Å². The van der Waals surface area contributed by atoms with Crippen molar-refractivity contribution in [3.63, 3.8) is 0 Å². The SMILES string of the molecule is Cc1ccc(C(=O)NCC2CCC(Br)C2)c(O)c1. The lowest BCUT2D eigenvalue weighted by atomic mass is 10.1. The van der Waals surface area contributed by atoms with Crippen LogP contribution in [0.4, 0.5) is 0 Å². The number of halogens is 1. The molecule has 0 bridgehead atoms. The molecular weight excluding hydrogens is 294 g/mol. The van der Waals surface area contributed by atoms with Crippen LogP contribution < -0.4 is 5.32 Å². The van der Waals surface area contributed by atoms with Crippen LogP contribution in [0.1, 0.15) is 35.2 Å². The highest BCUT2D eigenvalue weighted by atomic mass is 79.9. The smallest absolute Gasteiger partial charge is 0.255 e. The van der Waals surface area contributed by atoms with Gasteiger partial charge in [-0.25, -0.2) is 0 Å². The number of aromatic hydroxyl groups is 1. The first-order valence-electron chi connectivity index (χ1n) is 6.28. The lowest BCUT2D eigenvalue weighted by Crippen LogP contribution is -2.28. The Bertz CT molecular complexity index is 447. The fraction of sp³-hybridized carbons (Fsp3) is 0.500. The van der Waals surface area contributed by atoms with E-state index in [1.807, 2.05) is 13.0 Å². The molecule has 1 saturated carbocycles. The van der Waals surface area contributed by atoms with Crippen LogP contribution in [0.25, 0.3) is 0 Å². The number of hydrogen-bond acceptors (Lipinski definition) is 2. The van der Waals surface area contributed by atoms with Gasteiger partial charge in [0.1, 0.15) is 5.75 Å². The van der Waals surface area contributed by atoms with Crippen molar-refractivity contribution < 1.29 is 9.90 Å². The van der Waals surface area contributed by atoms with E-state index in [1.165, 1.54) is 6.42 Å². The summed E-state index contributed by atoms with van der Waals surface area (Å²) in [6.45, 7) is 2.57. The number of benzene rings is 1. The molecule has 4 heteroatoms. The van der Waals surface area contributed by atoms with Crippen molar-refractivity contribution in [2.45, 2.75) is 31.0 Å². The van der Waals surface area contributed by atoms with Gasteiger partial charge in [-0.15, -0.1) is 0 Å². The Morgan fingerprint density at radius 1 is 1.50 bits per heavy atom. The molecule has 1 amide bonds. The van der Waals surface area contributed by atoms with E-state index >= 15 is 0 Å². The van der Waals surface area contributed by atoms with E-state index in [9.17, 15) is 9.90 Å². The zero-order valence-corrected chi connectivity index (χ0v) is 12.0. The molecule has 3 nitrogen and oxygen atoms in total. The Labute approximate surface area is 116 Å². The molecule has 1 fully saturated rings. The van der Waals surface area contributed by atoms with Crippen molar-refractivity contribution in [3.05, 3.63) is 29.3 Å². The first-order chi connectivity index (χ1) is 8.56. The number of amides is 1. The Morgan fingerprint density at radius 2 is 2.28 bits per heavy atom. The third-order valence-electron chi connectivity index (χ3n) is 3.43. The van der Waals surface area contributed by atoms with Crippen LogP contribution in [0.2, 0.25) is 0 Å². The Balaban J connectivity index is 1.91. The molecule has 1 aromatic carbocycles. The van der Waals surface area contributed by atoms with Gasteiger partial charge in [-0.3, -0.25) is 4.79 Å². The second kappa shape index (κ2) is 5.74. The topological polar surface area (TPSA) is 49.3 Å². The van der Waals surface area contributed by atoms with Gasteiger partial charge in [0, 0.05) is 11.4 Å². The number of rotatable bonds is 3. The monoisotopic (exact) mass is 311 g/mol. The Hall–Kier alpha value is -1.03. The van der Waals surface area contributed by atoms with Gasteiger partial charge < -0.3 is 10.4 Å². The van der Waals surface area contributed by atoms with Crippen LogP contribution in [0.15, 0.2) is 18.2 Å². The summed E-state index contributed by atoms with van der Waals surface area (Å²) in [6, 6.07) is 5.11. The van der Waals surface area contributed by atoms with Crippen LogP contribution in [-0.4, -0.2) is 22.4 Å². The van der Waals surface area contributed by atoms with Crippen LogP contribution in [0, 0.1) is 12.8 Å². The fourth-order valence-electron chi connectivity index (χ4n) is 2.37. The van der Waals surface area contributed by atoms with Crippen LogP contribution in [0.3, 0.4) is 0 Å². The van der Waals surface area contributed by atoms with Gasteiger partial charge in [-0.1, -0.05) is 22.0 Å². The molecule has 2 atom stereocenters. The van der Waals surface area contributed by atoms with Gasteiger partial charge in [0.05, 0.1) is 5.56 Å². The average molecular weight is 312 g/mol. The summed E-state index contributed by atoms with van der Waals surface area (Å²) in [5, 5.41) is 12.6. The quantitative estimate of drug-likeness (QED) is 0.843. The van der Waals surface area contributed by atoms with E-state index < -0.39 is 0 Å². The van der Waals surface area contributed by atoms with Gasteiger partial charge in [-0.2, -0.15) is 0 Å². The maximum atomic E-state index is 11.9. The minimum atomic E-state index is -0.189. The van der Waals surface area contributed by atoms with E-state index in [0.717, 1.165) is 18.4 Å². The summed E-state index contributed by atoms with van der Waals surface area (Å²) in [5.41, 5.74) is 1.30. The van der Waals surface area contributed by atoms with Crippen molar-refractivity contribution in [1.82, 2.24) is 5.32 Å². The van der Waals surface area contributed by atoms with E-state index in [2.05, 4.69) is 21.2 Å². The number of hydrogen-bond donors (Lipinski definition) is 2. The van der Waals surface area contributed by atoms with Crippen molar-refractivity contribution in [2.75, 3.05) is 6.54 Å². The maximum absolute atomic E-state index is 11.9. The van der Waals surface area contributed by atoms with Crippen LogP contribution in [0.5, 0.6) is 5.75 Å². The molecule has 2 unspecified atom stereocenters. The minimum Gasteiger partial charge on any atom is -0.507 e. The van der Waals surface area contributed by atoms with E-state index in [-0.39, 0.29) is 11.7 Å². The maximum Gasteiger partial charge on any atom is 0.255 e. The third-order valence-corrected chi connectivity index (χ3v) is 4.26. The molecule has 2 rings (SSSR count). The highest BCUT2D eigenvalue weighted by Crippen LogP contribution is 2.30. The number of aryl methyl sites for hydroxylation is 1. The molecular formula is C14H18BrNO2. The first kappa shape index (κ1) is 13.4. The summed E-state index contributed by atoms with van der Waals surface area (Å²) >= 11 is 3.60. The lowest BCUT2D eigenvalue weighted by Gasteiger charge is -2.11. The van der Waals surface area contributed by atoms with Crippen LogP contribution >= 0.6 is 15.9 Å². The second-order valence-corrected chi connectivity index (χ2v) is 6.30. The van der Waals surface area contributed by atoms with E-state index in [4.69, 9.17) is 0 Å². The van der Waals surface area contributed by atoms with Crippen LogP contribution in [-0.2, 0) is 0 Å². The summed E-state index contributed by atoms with van der Waals surface area (Å²) in [6.07, 6.45) is 3.44. The van der Waals surface area contributed by atoms with E-state index in [1.54, 1.807) is 12.1 Å². The Morgan fingerprint density at radius 3 is 2.89 bits per heavy atom. The molecule has 1 aliphatic rings. The fourth-order valence-corrected chi connectivity index (χ4v) is 3.16. The highest BCUT2D eigenvalue weighted by Gasteiger charge is 2.23. The second-order valence-electron chi connectivity index (χ2n) is 5.01. The summed E-state index contributed by atoms with van der Waals surface area (Å²) in [4.78, 5) is 12.5. The molecule has 0 heterocycles. The molecule has 2 N–H and O–H groups in total. The zero-order chi connectivity index (χ0) is 13.1. The Kier molecular flexibility index (Phi) is 4.27. The third kappa shape index (κ3) is 3.25. The normalized spacial score (nSPS) is 23.0. The molecule has 1 aliphatic carbocycles. The number of phenolic OH excluding ortho intramolecular Hbond substituents is 1. The number of carbonyl (C=O) groups excluding carboxylic acids is 1. The van der Waals surface area contributed by atoms with Crippen molar-refractivity contribution in [2.24, 2.45) is 5.92 Å². The zero-order valence-electron chi connectivity index (χ0n) is 10.4. The van der Waals surface area contributed by atoms with Gasteiger partial charge in [0.25, 0.3) is 5.91 Å². The van der Waals surface area contributed by atoms with Gasteiger partial charge >= 0.3 is 0 Å². The van der Waals surface area contributed by atoms with Crippen molar-refractivity contribution in [1.29, 1.82) is 0 Å². The highest BCUT2D eigenvalue weighted by molar-refractivity contribution is 9.09. The average Bonchev–Trinajstić information content (AvgIpc) is 2.72.